The van der Waals surface area contributed by atoms with Gasteiger partial charge in [0.05, 0.1) is 23.5 Å². The molecular formula is C16H15N3O3. The van der Waals surface area contributed by atoms with Gasteiger partial charge >= 0.3 is 5.97 Å². The van der Waals surface area contributed by atoms with Crippen molar-refractivity contribution in [3.8, 4) is 0 Å². The highest BCUT2D eigenvalue weighted by Gasteiger charge is 2.51. The number of hydrogen-bond acceptors (Lipinski definition) is 3. The number of aromatic amines is 1. The molecule has 22 heavy (non-hydrogen) atoms. The molecule has 1 heterocycles. The predicted molar refractivity (Wildman–Crippen MR) is 80.1 cm³/mol. The zero-order valence-electron chi connectivity index (χ0n) is 11.7. The molecule has 1 amide bonds. The fraction of sp³-hybridized carbons (Fsp3) is 0.312. The first kappa shape index (κ1) is 13.1. The summed E-state index contributed by atoms with van der Waals surface area (Å²) < 4.78 is 0. The molecule has 6 nitrogen and oxygen atoms in total. The quantitative estimate of drug-likeness (QED) is 0.755. The summed E-state index contributed by atoms with van der Waals surface area (Å²) in [6, 6.07) is 5.47. The maximum Gasteiger partial charge on any atom is 0.307 e. The van der Waals surface area contributed by atoms with E-state index in [-0.39, 0.29) is 17.7 Å². The lowest BCUT2D eigenvalue weighted by Gasteiger charge is -2.23. The van der Waals surface area contributed by atoms with Crippen LogP contribution in [0.3, 0.4) is 0 Å². The summed E-state index contributed by atoms with van der Waals surface area (Å²) in [5.74, 6) is -2.21. The highest BCUT2D eigenvalue weighted by atomic mass is 16.4. The molecule has 4 atom stereocenters. The minimum Gasteiger partial charge on any atom is -0.481 e. The second-order valence-corrected chi connectivity index (χ2v) is 6.00. The highest BCUT2D eigenvalue weighted by molar-refractivity contribution is 5.97. The molecule has 1 fully saturated rings. The number of carbonyl (C=O) groups excluding carboxylic acids is 1. The number of carbonyl (C=O) groups is 2. The Bertz CT molecular complexity index is 795. The lowest BCUT2D eigenvalue weighted by atomic mass is 9.82. The maximum atomic E-state index is 12.6. The van der Waals surface area contributed by atoms with Gasteiger partial charge in [-0.1, -0.05) is 12.2 Å². The second-order valence-electron chi connectivity index (χ2n) is 6.00. The van der Waals surface area contributed by atoms with Crippen LogP contribution in [-0.4, -0.2) is 27.2 Å². The number of carboxylic acids is 1. The Morgan fingerprint density at radius 2 is 2.00 bits per heavy atom. The molecule has 2 aromatic rings. The van der Waals surface area contributed by atoms with Crippen LogP contribution in [0.5, 0.6) is 0 Å². The molecule has 112 valence electrons. The van der Waals surface area contributed by atoms with Gasteiger partial charge in [0.25, 0.3) is 0 Å². The van der Waals surface area contributed by atoms with Gasteiger partial charge < -0.3 is 10.4 Å². The lowest BCUT2D eigenvalue weighted by Crippen LogP contribution is -2.36. The molecule has 1 aromatic carbocycles. The topological polar surface area (TPSA) is 95.1 Å². The Morgan fingerprint density at radius 1 is 1.23 bits per heavy atom. The number of aliphatic carboxylic acids is 1. The van der Waals surface area contributed by atoms with Gasteiger partial charge in [-0.25, -0.2) is 0 Å². The number of aromatic nitrogens is 2. The Hall–Kier alpha value is -2.63. The number of nitrogens with one attached hydrogen (secondary N) is 2. The van der Waals surface area contributed by atoms with Crippen LogP contribution in [-0.2, 0) is 9.59 Å². The third-order valence-corrected chi connectivity index (χ3v) is 4.76. The zero-order chi connectivity index (χ0) is 15.3. The Kier molecular flexibility index (Phi) is 2.79. The number of fused-ring (bicyclic) bond motifs is 3. The van der Waals surface area contributed by atoms with E-state index in [0.29, 0.717) is 5.69 Å². The van der Waals surface area contributed by atoms with Crippen LogP contribution < -0.4 is 5.32 Å². The fourth-order valence-corrected chi connectivity index (χ4v) is 3.76. The van der Waals surface area contributed by atoms with Gasteiger partial charge in [-0.2, -0.15) is 5.10 Å². The molecule has 2 aliphatic carbocycles. The van der Waals surface area contributed by atoms with Gasteiger partial charge in [0.15, 0.2) is 0 Å². The van der Waals surface area contributed by atoms with Crippen LogP contribution in [0.25, 0.3) is 10.9 Å². The van der Waals surface area contributed by atoms with Crippen LogP contribution in [0.15, 0.2) is 36.5 Å². The van der Waals surface area contributed by atoms with Gasteiger partial charge in [0.1, 0.15) is 0 Å². The summed E-state index contributed by atoms with van der Waals surface area (Å²) >= 11 is 0. The van der Waals surface area contributed by atoms with Crippen molar-refractivity contribution < 1.29 is 14.7 Å². The van der Waals surface area contributed by atoms with E-state index in [1.165, 1.54) is 0 Å². The number of nitrogens with zero attached hydrogens (tertiary/aromatic N) is 1. The third-order valence-electron chi connectivity index (χ3n) is 4.76. The van der Waals surface area contributed by atoms with Gasteiger partial charge in [-0.05, 0) is 36.5 Å². The largest absolute Gasteiger partial charge is 0.481 e. The molecule has 2 aliphatic rings. The van der Waals surface area contributed by atoms with Crippen molar-refractivity contribution in [1.82, 2.24) is 10.2 Å². The summed E-state index contributed by atoms with van der Waals surface area (Å²) in [5.41, 5.74) is 1.48. The zero-order valence-corrected chi connectivity index (χ0v) is 11.7. The first-order valence-electron chi connectivity index (χ1n) is 7.28. The van der Waals surface area contributed by atoms with E-state index in [9.17, 15) is 14.7 Å². The van der Waals surface area contributed by atoms with Crippen LogP contribution in [0.2, 0.25) is 0 Å². The van der Waals surface area contributed by atoms with E-state index >= 15 is 0 Å². The molecule has 2 bridgehead atoms. The van der Waals surface area contributed by atoms with Crippen molar-refractivity contribution in [2.24, 2.45) is 23.7 Å². The maximum absolute atomic E-state index is 12.6. The highest BCUT2D eigenvalue weighted by Crippen LogP contribution is 2.48. The van der Waals surface area contributed by atoms with E-state index in [2.05, 4.69) is 15.5 Å². The SMILES string of the molecule is O=C(O)[C@H]1[C@H](C(=O)Nc2ccc3cn[nH]c3c2)[C@H]2C=C[C@H]1C2. The van der Waals surface area contributed by atoms with Crippen molar-refractivity contribution in [1.29, 1.82) is 0 Å². The Labute approximate surface area is 126 Å². The van der Waals surface area contributed by atoms with Gasteiger partial charge in [-0.15, -0.1) is 0 Å². The van der Waals surface area contributed by atoms with Crippen molar-refractivity contribution in [2.75, 3.05) is 5.32 Å². The lowest BCUT2D eigenvalue weighted by molar-refractivity contribution is -0.146. The molecule has 0 unspecified atom stereocenters. The molecule has 0 aliphatic heterocycles. The molecule has 0 radical (unpaired) electrons. The number of anilines is 1. The average molecular weight is 297 g/mol. The second kappa shape index (κ2) is 4.69. The van der Waals surface area contributed by atoms with Crippen molar-refractivity contribution in [3.63, 3.8) is 0 Å². The number of allylic oxidation sites excluding steroid dienone is 2. The fourth-order valence-electron chi connectivity index (χ4n) is 3.76. The van der Waals surface area contributed by atoms with E-state index < -0.39 is 17.8 Å². The number of hydrogen-bond donors (Lipinski definition) is 3. The van der Waals surface area contributed by atoms with E-state index in [1.54, 1.807) is 18.3 Å². The minimum atomic E-state index is -0.888. The third kappa shape index (κ3) is 1.91. The molecule has 3 N–H and O–H groups in total. The standard InChI is InChI=1S/C16H15N3O3/c20-15(13-8-1-2-9(5-8)14(13)16(21)22)18-11-4-3-10-7-17-19-12(10)6-11/h1-4,6-9,13-14H,5H2,(H,17,19)(H,18,20)(H,21,22)/t8-,9-,13+,14+/m0/s1. The van der Waals surface area contributed by atoms with E-state index in [4.69, 9.17) is 0 Å². The molecular weight excluding hydrogens is 282 g/mol. The molecule has 4 rings (SSSR count). The summed E-state index contributed by atoms with van der Waals surface area (Å²) in [6.07, 6.45) is 6.38. The van der Waals surface area contributed by atoms with Crippen molar-refractivity contribution >= 4 is 28.5 Å². The Balaban J connectivity index is 1.58. The predicted octanol–water partition coefficient (Wildman–Crippen LogP) is 2.02. The summed E-state index contributed by atoms with van der Waals surface area (Å²) in [7, 11) is 0. The molecule has 1 aromatic heterocycles. The van der Waals surface area contributed by atoms with Crippen LogP contribution in [0.4, 0.5) is 5.69 Å². The monoisotopic (exact) mass is 297 g/mol. The summed E-state index contributed by atoms with van der Waals surface area (Å²) in [5, 5.41) is 20.0. The van der Waals surface area contributed by atoms with Crippen molar-refractivity contribution in [2.45, 2.75) is 6.42 Å². The molecule has 6 heteroatoms. The first-order chi connectivity index (χ1) is 10.6. The van der Waals surface area contributed by atoms with E-state index in [1.807, 2.05) is 18.2 Å². The normalized spacial score (nSPS) is 29.1. The van der Waals surface area contributed by atoms with Gasteiger partial charge in [0.2, 0.25) is 5.91 Å². The number of carboxylic acid groups (broad SMARTS) is 1. The average Bonchev–Trinajstić information content (AvgIpc) is 3.20. The Morgan fingerprint density at radius 3 is 2.77 bits per heavy atom. The summed E-state index contributed by atoms with van der Waals surface area (Å²) in [6.45, 7) is 0. The number of amides is 1. The summed E-state index contributed by atoms with van der Waals surface area (Å²) in [4.78, 5) is 24.0. The smallest absolute Gasteiger partial charge is 0.307 e. The van der Waals surface area contributed by atoms with Gasteiger partial charge in [0, 0.05) is 11.1 Å². The molecule has 0 saturated heterocycles. The van der Waals surface area contributed by atoms with E-state index in [0.717, 1.165) is 17.3 Å². The van der Waals surface area contributed by atoms with Crippen LogP contribution >= 0.6 is 0 Å². The van der Waals surface area contributed by atoms with Gasteiger partial charge in [-0.3, -0.25) is 14.7 Å². The number of H-pyrrole nitrogens is 1. The molecule has 1 saturated carbocycles. The molecule has 0 spiro atoms. The number of benzene rings is 1. The first-order valence-corrected chi connectivity index (χ1v) is 7.28. The van der Waals surface area contributed by atoms with Crippen molar-refractivity contribution in [3.05, 3.63) is 36.5 Å². The number of rotatable bonds is 3. The minimum absolute atomic E-state index is 0.0201. The van der Waals surface area contributed by atoms with Crippen LogP contribution in [0, 0.1) is 23.7 Å². The van der Waals surface area contributed by atoms with Crippen LogP contribution in [0.1, 0.15) is 6.42 Å².